The number of alkyl halides is 3. The van der Waals surface area contributed by atoms with E-state index in [4.69, 9.17) is 5.26 Å². The Morgan fingerprint density at radius 1 is 1.47 bits per heavy atom. The van der Waals surface area contributed by atoms with Gasteiger partial charge in [0.25, 0.3) is 5.69 Å². The molecule has 8 heteroatoms. The number of nitrogens with zero attached hydrogens (tertiary/aromatic N) is 2. The number of benzene rings is 1. The van der Waals surface area contributed by atoms with Crippen molar-refractivity contribution in [2.75, 3.05) is 7.11 Å². The minimum absolute atomic E-state index is 0.307. The van der Waals surface area contributed by atoms with E-state index in [-0.39, 0.29) is 0 Å². The molecule has 17 heavy (non-hydrogen) atoms. The molecule has 90 valence electrons. The van der Waals surface area contributed by atoms with Gasteiger partial charge in [0, 0.05) is 6.07 Å². The minimum Gasteiger partial charge on any atom is -0.495 e. The average Bonchev–Trinajstić information content (AvgIpc) is 2.25. The third-order valence-electron chi connectivity index (χ3n) is 1.94. The maximum Gasteiger partial charge on any atom is 0.416 e. The molecule has 0 bridgehead atoms. The van der Waals surface area contributed by atoms with E-state index in [1.54, 1.807) is 0 Å². The van der Waals surface area contributed by atoms with Crippen molar-refractivity contribution >= 4 is 5.69 Å². The minimum atomic E-state index is -4.74. The van der Waals surface area contributed by atoms with Crippen LogP contribution >= 0.6 is 0 Å². The van der Waals surface area contributed by atoms with Gasteiger partial charge in [0.2, 0.25) is 0 Å². The van der Waals surface area contributed by atoms with Crippen LogP contribution in [0.25, 0.3) is 0 Å². The molecular formula is C9H5F3N2O3. The van der Waals surface area contributed by atoms with Crippen molar-refractivity contribution in [3.05, 3.63) is 33.4 Å². The quantitative estimate of drug-likeness (QED) is 0.593. The first-order chi connectivity index (χ1) is 7.81. The molecule has 0 heterocycles. The Bertz CT molecular complexity index is 505. The van der Waals surface area contributed by atoms with E-state index >= 15 is 0 Å². The smallest absolute Gasteiger partial charge is 0.416 e. The summed E-state index contributed by atoms with van der Waals surface area (Å²) in [6.45, 7) is 0. The first-order valence-corrected chi connectivity index (χ1v) is 4.15. The molecular weight excluding hydrogens is 241 g/mol. The van der Waals surface area contributed by atoms with Gasteiger partial charge in [0.15, 0.2) is 5.56 Å². The SMILES string of the molecule is COc1cc(C(F)(F)F)cc([N+](=O)[O-])c1C#N. The molecule has 0 spiro atoms. The fourth-order valence-electron chi connectivity index (χ4n) is 1.18. The molecule has 0 fully saturated rings. The summed E-state index contributed by atoms with van der Waals surface area (Å²) in [4.78, 5) is 9.50. The van der Waals surface area contributed by atoms with Crippen LogP contribution in [0.4, 0.5) is 18.9 Å². The third-order valence-corrected chi connectivity index (χ3v) is 1.94. The molecule has 0 aliphatic heterocycles. The van der Waals surface area contributed by atoms with Crippen LogP contribution in [0, 0.1) is 21.4 Å². The molecule has 5 nitrogen and oxygen atoms in total. The van der Waals surface area contributed by atoms with E-state index in [0.717, 1.165) is 7.11 Å². The lowest BCUT2D eigenvalue weighted by Gasteiger charge is -2.09. The van der Waals surface area contributed by atoms with Crippen molar-refractivity contribution in [1.82, 2.24) is 0 Å². The molecule has 0 saturated carbocycles. The lowest BCUT2D eigenvalue weighted by atomic mass is 10.1. The van der Waals surface area contributed by atoms with Crippen LogP contribution in [0.3, 0.4) is 0 Å². The largest absolute Gasteiger partial charge is 0.495 e. The number of rotatable bonds is 2. The van der Waals surface area contributed by atoms with Crippen molar-refractivity contribution in [3.63, 3.8) is 0 Å². The molecule has 1 rings (SSSR count). The van der Waals surface area contributed by atoms with Crippen LogP contribution in [-0.4, -0.2) is 12.0 Å². The van der Waals surface area contributed by atoms with Crippen molar-refractivity contribution in [1.29, 1.82) is 5.26 Å². The Morgan fingerprint density at radius 3 is 2.41 bits per heavy atom. The van der Waals surface area contributed by atoms with Crippen LogP contribution in [0.2, 0.25) is 0 Å². The summed E-state index contributed by atoms with van der Waals surface area (Å²) < 4.78 is 41.8. The van der Waals surface area contributed by atoms with E-state index < -0.39 is 33.7 Å². The second kappa shape index (κ2) is 4.29. The van der Waals surface area contributed by atoms with E-state index in [1.807, 2.05) is 0 Å². The Kier molecular flexibility index (Phi) is 3.22. The normalized spacial score (nSPS) is 10.8. The number of hydrogen-bond donors (Lipinski definition) is 0. The van der Waals surface area contributed by atoms with Crippen LogP contribution < -0.4 is 4.74 Å². The highest BCUT2D eigenvalue weighted by atomic mass is 19.4. The lowest BCUT2D eigenvalue weighted by Crippen LogP contribution is -2.07. The number of halogens is 3. The summed E-state index contributed by atoms with van der Waals surface area (Å²) in [6.07, 6.45) is -4.74. The van der Waals surface area contributed by atoms with Gasteiger partial charge in [-0.2, -0.15) is 18.4 Å². The molecule has 0 radical (unpaired) electrons. The summed E-state index contributed by atoms with van der Waals surface area (Å²) >= 11 is 0. The van der Waals surface area contributed by atoms with E-state index in [2.05, 4.69) is 4.74 Å². The maximum absolute atomic E-state index is 12.4. The molecule has 0 N–H and O–H groups in total. The molecule has 0 amide bonds. The topological polar surface area (TPSA) is 76.2 Å². The highest BCUT2D eigenvalue weighted by molar-refractivity contribution is 5.59. The number of methoxy groups -OCH3 is 1. The molecule has 0 saturated heterocycles. The standard InChI is InChI=1S/C9H5F3N2O3/c1-17-8-3-5(9(10,11)12)2-7(14(15)16)6(8)4-13/h2-3H,1H3. The van der Waals surface area contributed by atoms with E-state index in [9.17, 15) is 23.3 Å². The number of nitriles is 1. The zero-order valence-electron chi connectivity index (χ0n) is 8.41. The summed E-state index contributed by atoms with van der Waals surface area (Å²) in [5.74, 6) is -0.478. The molecule has 0 unspecified atom stereocenters. The average molecular weight is 246 g/mol. The number of hydrogen-bond acceptors (Lipinski definition) is 4. The number of nitro benzene ring substituents is 1. The first-order valence-electron chi connectivity index (χ1n) is 4.15. The van der Waals surface area contributed by atoms with Crippen LogP contribution in [-0.2, 0) is 6.18 Å². The summed E-state index contributed by atoms with van der Waals surface area (Å²) in [5.41, 5.74) is -2.70. The van der Waals surface area contributed by atoms with Gasteiger partial charge in [-0.1, -0.05) is 0 Å². The fourth-order valence-corrected chi connectivity index (χ4v) is 1.18. The van der Waals surface area contributed by atoms with Crippen molar-refractivity contribution in [3.8, 4) is 11.8 Å². The first kappa shape index (κ1) is 12.8. The zero-order chi connectivity index (χ0) is 13.2. The Hall–Kier alpha value is -2.30. The summed E-state index contributed by atoms with van der Waals surface area (Å²) in [7, 11) is 1.03. The molecule has 0 aliphatic carbocycles. The van der Waals surface area contributed by atoms with Crippen molar-refractivity contribution in [2.45, 2.75) is 6.18 Å². The monoisotopic (exact) mass is 246 g/mol. The number of nitro groups is 1. The molecule has 0 aliphatic rings. The van der Waals surface area contributed by atoms with Gasteiger partial charge in [-0.15, -0.1) is 0 Å². The predicted octanol–water partition coefficient (Wildman–Crippen LogP) is 2.49. The van der Waals surface area contributed by atoms with Crippen LogP contribution in [0.5, 0.6) is 5.75 Å². The molecule has 1 aromatic carbocycles. The van der Waals surface area contributed by atoms with Gasteiger partial charge < -0.3 is 4.74 Å². The van der Waals surface area contributed by atoms with Crippen molar-refractivity contribution in [2.24, 2.45) is 0 Å². The Labute approximate surface area is 93.2 Å². The van der Waals surface area contributed by atoms with Gasteiger partial charge in [-0.05, 0) is 6.07 Å². The lowest BCUT2D eigenvalue weighted by molar-refractivity contribution is -0.385. The van der Waals surface area contributed by atoms with Gasteiger partial charge in [0.1, 0.15) is 11.8 Å². The van der Waals surface area contributed by atoms with Crippen LogP contribution in [0.1, 0.15) is 11.1 Å². The second-order valence-electron chi connectivity index (χ2n) is 2.94. The highest BCUT2D eigenvalue weighted by Gasteiger charge is 2.35. The summed E-state index contributed by atoms with van der Waals surface area (Å²) in [6, 6.07) is 2.29. The van der Waals surface area contributed by atoms with E-state index in [0.29, 0.717) is 12.1 Å². The molecule has 0 atom stereocenters. The predicted molar refractivity (Wildman–Crippen MR) is 49.4 cm³/mol. The van der Waals surface area contributed by atoms with Gasteiger partial charge in [-0.25, -0.2) is 0 Å². The van der Waals surface area contributed by atoms with Gasteiger partial charge in [0.05, 0.1) is 17.6 Å². The number of ether oxygens (including phenoxy) is 1. The molecule has 0 aromatic heterocycles. The van der Waals surface area contributed by atoms with Gasteiger partial charge >= 0.3 is 6.18 Å². The fraction of sp³-hybridized carbons (Fsp3) is 0.222. The highest BCUT2D eigenvalue weighted by Crippen LogP contribution is 2.37. The third kappa shape index (κ3) is 2.44. The Balaban J connectivity index is 3.59. The van der Waals surface area contributed by atoms with E-state index in [1.165, 1.54) is 6.07 Å². The van der Waals surface area contributed by atoms with Gasteiger partial charge in [-0.3, -0.25) is 10.1 Å². The second-order valence-corrected chi connectivity index (χ2v) is 2.94. The van der Waals surface area contributed by atoms with Crippen LogP contribution in [0.15, 0.2) is 12.1 Å². The zero-order valence-corrected chi connectivity index (χ0v) is 8.41. The van der Waals surface area contributed by atoms with Crippen molar-refractivity contribution < 1.29 is 22.8 Å². The molecule has 1 aromatic rings. The maximum atomic E-state index is 12.4. The summed E-state index contributed by atoms with van der Waals surface area (Å²) in [5, 5.41) is 19.2. The Morgan fingerprint density at radius 2 is 2.06 bits per heavy atom.